The monoisotopic (exact) mass is 257 g/mol. The SMILES string of the molecule is CC(C)COCCNCCCOCC(F)(F)F. The van der Waals surface area contributed by atoms with Crippen molar-refractivity contribution in [3.05, 3.63) is 0 Å². The molecule has 1 N–H and O–H groups in total. The third-order valence-electron chi connectivity index (χ3n) is 1.78. The van der Waals surface area contributed by atoms with E-state index in [0.717, 1.165) is 6.61 Å². The maximum atomic E-state index is 11.7. The fourth-order valence-corrected chi connectivity index (χ4v) is 1.08. The predicted molar refractivity (Wildman–Crippen MR) is 60.0 cm³/mol. The number of hydrogen-bond donors (Lipinski definition) is 1. The zero-order valence-corrected chi connectivity index (χ0v) is 10.5. The molecule has 0 aromatic carbocycles. The highest BCUT2D eigenvalue weighted by molar-refractivity contribution is 4.49. The largest absolute Gasteiger partial charge is 0.411 e. The van der Waals surface area contributed by atoms with Gasteiger partial charge in [-0.1, -0.05) is 13.8 Å². The molecule has 0 atom stereocenters. The van der Waals surface area contributed by atoms with E-state index in [1.54, 1.807) is 0 Å². The summed E-state index contributed by atoms with van der Waals surface area (Å²) in [5.41, 5.74) is 0. The van der Waals surface area contributed by atoms with Crippen LogP contribution in [0.15, 0.2) is 0 Å². The summed E-state index contributed by atoms with van der Waals surface area (Å²) in [6.45, 7) is 5.83. The van der Waals surface area contributed by atoms with E-state index < -0.39 is 12.8 Å². The van der Waals surface area contributed by atoms with Crippen LogP contribution in [0.2, 0.25) is 0 Å². The normalized spacial score (nSPS) is 12.4. The van der Waals surface area contributed by atoms with Crippen molar-refractivity contribution in [1.82, 2.24) is 5.32 Å². The first-order valence-electron chi connectivity index (χ1n) is 5.85. The maximum Gasteiger partial charge on any atom is 0.411 e. The molecular formula is C11H22F3NO2. The standard InChI is InChI=1S/C11H22F3NO2/c1-10(2)8-16-7-5-15-4-3-6-17-9-11(12,13)14/h10,15H,3-9H2,1-2H3. The van der Waals surface area contributed by atoms with Crippen molar-refractivity contribution in [2.45, 2.75) is 26.4 Å². The van der Waals surface area contributed by atoms with Crippen molar-refractivity contribution in [2.75, 3.05) is 39.5 Å². The van der Waals surface area contributed by atoms with Gasteiger partial charge >= 0.3 is 6.18 Å². The van der Waals surface area contributed by atoms with E-state index in [4.69, 9.17) is 4.74 Å². The van der Waals surface area contributed by atoms with Gasteiger partial charge in [-0.25, -0.2) is 0 Å². The summed E-state index contributed by atoms with van der Waals surface area (Å²) in [4.78, 5) is 0. The predicted octanol–water partition coefficient (Wildman–Crippen LogP) is 2.22. The molecule has 0 amide bonds. The van der Waals surface area contributed by atoms with Gasteiger partial charge in [-0.05, 0) is 18.9 Å². The van der Waals surface area contributed by atoms with E-state index >= 15 is 0 Å². The molecule has 0 radical (unpaired) electrons. The van der Waals surface area contributed by atoms with Gasteiger partial charge in [0.15, 0.2) is 0 Å². The van der Waals surface area contributed by atoms with Crippen molar-refractivity contribution >= 4 is 0 Å². The molecule has 0 saturated heterocycles. The van der Waals surface area contributed by atoms with Crippen molar-refractivity contribution < 1.29 is 22.6 Å². The minimum Gasteiger partial charge on any atom is -0.380 e. The number of nitrogens with one attached hydrogen (secondary N) is 1. The van der Waals surface area contributed by atoms with Crippen LogP contribution in [-0.4, -0.2) is 45.7 Å². The molecule has 0 aliphatic heterocycles. The van der Waals surface area contributed by atoms with Gasteiger partial charge in [-0.2, -0.15) is 13.2 Å². The Hall–Kier alpha value is -0.330. The molecule has 104 valence electrons. The summed E-state index contributed by atoms with van der Waals surface area (Å²) in [5.74, 6) is 0.519. The molecule has 17 heavy (non-hydrogen) atoms. The molecule has 0 spiro atoms. The molecule has 6 heteroatoms. The second kappa shape index (κ2) is 9.67. The van der Waals surface area contributed by atoms with E-state index in [1.807, 2.05) is 0 Å². The average molecular weight is 257 g/mol. The van der Waals surface area contributed by atoms with Gasteiger partial charge in [0.05, 0.1) is 6.61 Å². The van der Waals surface area contributed by atoms with Crippen LogP contribution >= 0.6 is 0 Å². The highest BCUT2D eigenvalue weighted by atomic mass is 19.4. The Balaban J connectivity index is 3.04. The van der Waals surface area contributed by atoms with Gasteiger partial charge in [-0.3, -0.25) is 0 Å². The van der Waals surface area contributed by atoms with Crippen molar-refractivity contribution in [3.63, 3.8) is 0 Å². The van der Waals surface area contributed by atoms with Gasteiger partial charge in [0.25, 0.3) is 0 Å². The van der Waals surface area contributed by atoms with Gasteiger partial charge < -0.3 is 14.8 Å². The van der Waals surface area contributed by atoms with E-state index in [9.17, 15) is 13.2 Å². The molecule has 0 heterocycles. The number of halogens is 3. The average Bonchev–Trinajstić information content (AvgIpc) is 2.18. The number of ether oxygens (including phenoxy) is 2. The van der Waals surface area contributed by atoms with E-state index in [1.165, 1.54) is 0 Å². The third-order valence-corrected chi connectivity index (χ3v) is 1.78. The topological polar surface area (TPSA) is 30.5 Å². The molecule has 0 bridgehead atoms. The van der Waals surface area contributed by atoms with Crippen LogP contribution in [-0.2, 0) is 9.47 Å². The first-order chi connectivity index (χ1) is 7.92. The zero-order chi connectivity index (χ0) is 13.1. The highest BCUT2D eigenvalue weighted by Gasteiger charge is 2.26. The lowest BCUT2D eigenvalue weighted by Gasteiger charge is -2.09. The van der Waals surface area contributed by atoms with Crippen LogP contribution in [0.5, 0.6) is 0 Å². The Morgan fingerprint density at radius 2 is 1.76 bits per heavy atom. The van der Waals surface area contributed by atoms with Gasteiger partial charge in [-0.15, -0.1) is 0 Å². The van der Waals surface area contributed by atoms with Crippen LogP contribution < -0.4 is 5.32 Å². The van der Waals surface area contributed by atoms with E-state index in [-0.39, 0.29) is 6.61 Å². The molecule has 0 aromatic rings. The molecule has 3 nitrogen and oxygen atoms in total. The molecule has 0 aliphatic carbocycles. The quantitative estimate of drug-likeness (QED) is 0.609. The third kappa shape index (κ3) is 15.7. The summed E-state index contributed by atoms with van der Waals surface area (Å²) in [6, 6.07) is 0. The van der Waals surface area contributed by atoms with Crippen LogP contribution in [0, 0.1) is 5.92 Å². The molecule has 0 saturated carbocycles. The molecule has 0 aromatic heterocycles. The molecule has 0 fully saturated rings. The molecule has 0 unspecified atom stereocenters. The van der Waals surface area contributed by atoms with Crippen LogP contribution in [0.1, 0.15) is 20.3 Å². The Kier molecular flexibility index (Phi) is 9.49. The molecule has 0 aliphatic rings. The lowest BCUT2D eigenvalue weighted by molar-refractivity contribution is -0.173. The number of hydrogen-bond acceptors (Lipinski definition) is 3. The summed E-state index contributed by atoms with van der Waals surface area (Å²) < 4.78 is 44.8. The zero-order valence-electron chi connectivity index (χ0n) is 10.5. The lowest BCUT2D eigenvalue weighted by atomic mass is 10.2. The maximum absolute atomic E-state index is 11.7. The highest BCUT2D eigenvalue weighted by Crippen LogP contribution is 2.14. The lowest BCUT2D eigenvalue weighted by Crippen LogP contribution is -2.23. The summed E-state index contributed by atoms with van der Waals surface area (Å²) in [7, 11) is 0. The van der Waals surface area contributed by atoms with Crippen molar-refractivity contribution in [1.29, 1.82) is 0 Å². The van der Waals surface area contributed by atoms with Crippen LogP contribution in [0.4, 0.5) is 13.2 Å². The van der Waals surface area contributed by atoms with Crippen molar-refractivity contribution in [2.24, 2.45) is 5.92 Å². The Morgan fingerprint density at radius 1 is 1.06 bits per heavy atom. The summed E-state index contributed by atoms with van der Waals surface area (Å²) in [5, 5.41) is 3.07. The smallest absolute Gasteiger partial charge is 0.380 e. The summed E-state index contributed by atoms with van der Waals surface area (Å²) in [6.07, 6.45) is -3.65. The first-order valence-corrected chi connectivity index (χ1v) is 5.85. The summed E-state index contributed by atoms with van der Waals surface area (Å²) >= 11 is 0. The molecule has 0 rings (SSSR count). The minimum atomic E-state index is -4.22. The fraction of sp³-hybridized carbons (Fsp3) is 1.00. The van der Waals surface area contributed by atoms with Crippen LogP contribution in [0.3, 0.4) is 0 Å². The fourth-order valence-electron chi connectivity index (χ4n) is 1.08. The van der Waals surface area contributed by atoms with Gasteiger partial charge in [0, 0.05) is 19.8 Å². The van der Waals surface area contributed by atoms with Gasteiger partial charge in [0.1, 0.15) is 6.61 Å². The second-order valence-corrected chi connectivity index (χ2v) is 4.24. The first kappa shape index (κ1) is 16.7. The number of alkyl halides is 3. The Labute approximate surface area is 101 Å². The van der Waals surface area contributed by atoms with E-state index in [0.29, 0.717) is 32.0 Å². The Bertz CT molecular complexity index is 175. The second-order valence-electron chi connectivity index (χ2n) is 4.24. The minimum absolute atomic E-state index is 0.124. The Morgan fingerprint density at radius 3 is 2.35 bits per heavy atom. The number of rotatable bonds is 10. The van der Waals surface area contributed by atoms with E-state index in [2.05, 4.69) is 23.9 Å². The molecular weight excluding hydrogens is 235 g/mol. The van der Waals surface area contributed by atoms with Gasteiger partial charge in [0.2, 0.25) is 0 Å². The van der Waals surface area contributed by atoms with Crippen LogP contribution in [0.25, 0.3) is 0 Å². The van der Waals surface area contributed by atoms with Crippen molar-refractivity contribution in [3.8, 4) is 0 Å².